The highest BCUT2D eigenvalue weighted by atomic mass is 35.5. The van der Waals surface area contributed by atoms with Crippen molar-refractivity contribution in [2.24, 2.45) is 5.92 Å². The van der Waals surface area contributed by atoms with Gasteiger partial charge in [-0.3, -0.25) is 4.79 Å². The number of fused-ring (bicyclic) bond motifs is 1. The second-order valence-electron chi connectivity index (χ2n) is 8.05. The Labute approximate surface area is 191 Å². The molecule has 1 atom stereocenters. The van der Waals surface area contributed by atoms with Gasteiger partial charge in [0.1, 0.15) is 0 Å². The van der Waals surface area contributed by atoms with Crippen molar-refractivity contribution in [1.82, 2.24) is 9.29 Å². The molecule has 1 amide bonds. The molecule has 1 aromatic heterocycles. The van der Waals surface area contributed by atoms with Gasteiger partial charge in [-0.05, 0) is 60.7 Å². The molecule has 2 heterocycles. The summed E-state index contributed by atoms with van der Waals surface area (Å²) in [4.78, 5) is 17.6. The number of anilines is 1. The van der Waals surface area contributed by atoms with Crippen molar-refractivity contribution in [1.29, 1.82) is 0 Å². The number of carbonyl (C=O) groups is 1. The summed E-state index contributed by atoms with van der Waals surface area (Å²) in [5.74, 6) is -0.200. The van der Waals surface area contributed by atoms with E-state index in [0.717, 1.165) is 10.2 Å². The van der Waals surface area contributed by atoms with Crippen molar-refractivity contribution in [2.75, 3.05) is 18.4 Å². The van der Waals surface area contributed by atoms with Gasteiger partial charge in [0.25, 0.3) is 0 Å². The van der Waals surface area contributed by atoms with E-state index in [1.165, 1.54) is 33.3 Å². The van der Waals surface area contributed by atoms with Gasteiger partial charge < -0.3 is 5.32 Å². The van der Waals surface area contributed by atoms with Crippen LogP contribution in [0.2, 0.25) is 5.02 Å². The van der Waals surface area contributed by atoms with Crippen LogP contribution in [-0.4, -0.2) is 36.7 Å². The fourth-order valence-electron chi connectivity index (χ4n) is 3.69. The number of amides is 1. The Bertz CT molecular complexity index is 1210. The molecule has 1 saturated heterocycles. The van der Waals surface area contributed by atoms with E-state index in [0.29, 0.717) is 35.5 Å². The quantitative estimate of drug-likeness (QED) is 0.553. The van der Waals surface area contributed by atoms with Crippen LogP contribution in [0.5, 0.6) is 0 Å². The summed E-state index contributed by atoms with van der Waals surface area (Å²) < 4.78 is 28.4. The summed E-state index contributed by atoms with van der Waals surface area (Å²) in [5, 5.41) is 3.92. The Morgan fingerprint density at radius 2 is 1.97 bits per heavy atom. The highest BCUT2D eigenvalue weighted by Crippen LogP contribution is 2.30. The maximum Gasteiger partial charge on any atom is 0.243 e. The van der Waals surface area contributed by atoms with E-state index in [1.54, 1.807) is 12.1 Å². The minimum absolute atomic E-state index is 0.152. The number of sulfonamides is 1. The molecule has 6 nitrogen and oxygen atoms in total. The zero-order valence-corrected chi connectivity index (χ0v) is 19.7. The number of hydrogen-bond donors (Lipinski definition) is 1. The van der Waals surface area contributed by atoms with Crippen molar-refractivity contribution in [3.05, 3.63) is 53.1 Å². The average molecular weight is 478 g/mol. The molecule has 1 unspecified atom stereocenters. The maximum atomic E-state index is 13.0. The van der Waals surface area contributed by atoms with E-state index in [-0.39, 0.29) is 17.3 Å². The van der Waals surface area contributed by atoms with Gasteiger partial charge in [0.2, 0.25) is 15.9 Å². The SMILES string of the molecule is CC(C)c1ccc2nc(NC(=O)C3CCCN(S(=O)(=O)c4ccc(Cl)cc4)C3)sc2c1. The smallest absolute Gasteiger partial charge is 0.243 e. The normalized spacial score (nSPS) is 17.9. The molecule has 1 fully saturated rings. The Balaban J connectivity index is 1.47. The predicted octanol–water partition coefficient (Wildman–Crippen LogP) is 5.11. The topological polar surface area (TPSA) is 79.4 Å². The number of piperidine rings is 1. The summed E-state index contributed by atoms with van der Waals surface area (Å²) in [7, 11) is -3.67. The average Bonchev–Trinajstić information content (AvgIpc) is 3.15. The second-order valence-corrected chi connectivity index (χ2v) is 11.5. The Morgan fingerprint density at radius 3 is 2.68 bits per heavy atom. The first-order valence-corrected chi connectivity index (χ1v) is 12.8. The van der Waals surface area contributed by atoms with E-state index in [9.17, 15) is 13.2 Å². The van der Waals surface area contributed by atoms with Crippen molar-refractivity contribution in [2.45, 2.75) is 37.5 Å². The number of hydrogen-bond acceptors (Lipinski definition) is 5. The van der Waals surface area contributed by atoms with E-state index < -0.39 is 15.9 Å². The number of nitrogens with zero attached hydrogens (tertiary/aromatic N) is 2. The summed E-state index contributed by atoms with van der Waals surface area (Å²) >= 11 is 7.31. The molecule has 3 aromatic rings. The third kappa shape index (κ3) is 4.77. The molecule has 0 saturated carbocycles. The molecule has 1 aliphatic heterocycles. The molecular weight excluding hydrogens is 454 g/mol. The highest BCUT2D eigenvalue weighted by Gasteiger charge is 2.33. The van der Waals surface area contributed by atoms with Gasteiger partial charge in [-0.25, -0.2) is 13.4 Å². The molecule has 0 bridgehead atoms. The van der Waals surface area contributed by atoms with Crippen LogP contribution < -0.4 is 5.32 Å². The van der Waals surface area contributed by atoms with Crippen molar-refractivity contribution in [3.8, 4) is 0 Å². The first-order valence-electron chi connectivity index (χ1n) is 10.2. The fraction of sp³-hybridized carbons (Fsp3) is 0.364. The molecule has 31 heavy (non-hydrogen) atoms. The number of halogens is 1. The van der Waals surface area contributed by atoms with Crippen LogP contribution in [0.4, 0.5) is 5.13 Å². The Morgan fingerprint density at radius 1 is 1.23 bits per heavy atom. The molecule has 2 aromatic carbocycles. The van der Waals surface area contributed by atoms with Crippen LogP contribution in [-0.2, 0) is 14.8 Å². The molecule has 0 spiro atoms. The molecule has 0 radical (unpaired) electrons. The lowest BCUT2D eigenvalue weighted by atomic mass is 9.99. The lowest BCUT2D eigenvalue weighted by Crippen LogP contribution is -2.43. The van der Waals surface area contributed by atoms with E-state index in [4.69, 9.17) is 11.6 Å². The maximum absolute atomic E-state index is 13.0. The standard InChI is InChI=1S/C22H24ClN3O3S2/c1-14(2)15-5-10-19-20(12-15)30-22(24-19)25-21(27)16-4-3-11-26(13-16)31(28,29)18-8-6-17(23)7-9-18/h5-10,12,14,16H,3-4,11,13H2,1-2H3,(H,24,25,27). The van der Waals surface area contributed by atoms with Gasteiger partial charge in [0.15, 0.2) is 5.13 Å². The third-order valence-corrected chi connectivity index (χ3v) is 8.58. The van der Waals surface area contributed by atoms with Gasteiger partial charge in [-0.15, -0.1) is 0 Å². The summed E-state index contributed by atoms with van der Waals surface area (Å²) in [6.45, 7) is 4.82. The fourth-order valence-corrected chi connectivity index (χ4v) is 6.26. The first-order chi connectivity index (χ1) is 14.7. The summed E-state index contributed by atoms with van der Waals surface area (Å²) in [6.07, 6.45) is 1.27. The lowest BCUT2D eigenvalue weighted by molar-refractivity contribution is -0.120. The van der Waals surface area contributed by atoms with Crippen LogP contribution in [0.3, 0.4) is 0 Å². The summed E-state index contributed by atoms with van der Waals surface area (Å²) in [5.41, 5.74) is 2.07. The minimum atomic E-state index is -3.67. The Hall–Kier alpha value is -2.00. The van der Waals surface area contributed by atoms with Crippen LogP contribution >= 0.6 is 22.9 Å². The number of rotatable bonds is 5. The van der Waals surface area contributed by atoms with Gasteiger partial charge in [-0.1, -0.05) is 42.9 Å². The van der Waals surface area contributed by atoms with Crippen LogP contribution in [0.25, 0.3) is 10.2 Å². The molecule has 1 aliphatic rings. The number of benzene rings is 2. The number of thiazole rings is 1. The molecule has 0 aliphatic carbocycles. The van der Waals surface area contributed by atoms with Crippen LogP contribution in [0.15, 0.2) is 47.4 Å². The summed E-state index contributed by atoms with van der Waals surface area (Å²) in [6, 6.07) is 12.2. The first kappa shape index (κ1) is 22.2. The van der Waals surface area contributed by atoms with E-state index in [1.807, 2.05) is 6.07 Å². The monoisotopic (exact) mass is 477 g/mol. The van der Waals surface area contributed by atoms with Gasteiger partial charge in [-0.2, -0.15) is 4.31 Å². The van der Waals surface area contributed by atoms with Crippen molar-refractivity contribution >= 4 is 54.2 Å². The molecule has 164 valence electrons. The van der Waals surface area contributed by atoms with Gasteiger partial charge in [0, 0.05) is 18.1 Å². The zero-order chi connectivity index (χ0) is 22.2. The minimum Gasteiger partial charge on any atom is -0.302 e. The van der Waals surface area contributed by atoms with Crippen LogP contribution in [0.1, 0.15) is 38.2 Å². The molecule has 1 N–H and O–H groups in total. The van der Waals surface area contributed by atoms with E-state index >= 15 is 0 Å². The van der Waals surface area contributed by atoms with Crippen molar-refractivity contribution < 1.29 is 13.2 Å². The van der Waals surface area contributed by atoms with Crippen LogP contribution in [0, 0.1) is 5.92 Å². The number of carbonyl (C=O) groups excluding carboxylic acids is 1. The van der Waals surface area contributed by atoms with Gasteiger partial charge >= 0.3 is 0 Å². The third-order valence-electron chi connectivity index (χ3n) is 5.52. The molecule has 4 rings (SSSR count). The largest absolute Gasteiger partial charge is 0.302 e. The predicted molar refractivity (Wildman–Crippen MR) is 125 cm³/mol. The number of aromatic nitrogens is 1. The molecule has 9 heteroatoms. The van der Waals surface area contributed by atoms with Crippen molar-refractivity contribution in [3.63, 3.8) is 0 Å². The zero-order valence-electron chi connectivity index (χ0n) is 17.3. The van der Waals surface area contributed by atoms with E-state index in [2.05, 4.69) is 36.3 Å². The number of nitrogens with one attached hydrogen (secondary N) is 1. The van der Waals surface area contributed by atoms with Gasteiger partial charge in [0.05, 0.1) is 21.0 Å². The molecular formula is C22H24ClN3O3S2. The second kappa shape index (κ2) is 8.86. The highest BCUT2D eigenvalue weighted by molar-refractivity contribution is 7.89. The lowest BCUT2D eigenvalue weighted by Gasteiger charge is -2.31. The Kier molecular flexibility index (Phi) is 6.35.